The lowest BCUT2D eigenvalue weighted by atomic mass is 9.90. The fourth-order valence-corrected chi connectivity index (χ4v) is 3.08. The van der Waals surface area contributed by atoms with E-state index in [0.717, 1.165) is 50.0 Å². The van der Waals surface area contributed by atoms with Gasteiger partial charge in [0.1, 0.15) is 5.69 Å². The number of amides is 1. The molecule has 0 unspecified atom stereocenters. The molecule has 1 aliphatic carbocycles. The summed E-state index contributed by atoms with van der Waals surface area (Å²) in [6, 6.07) is 4.63. The number of nitrogens with two attached hydrogens (primary N) is 1. The number of carbonyl (C=O) groups is 1. The van der Waals surface area contributed by atoms with Crippen LogP contribution >= 0.6 is 0 Å². The van der Waals surface area contributed by atoms with Crippen LogP contribution in [0.5, 0.6) is 0 Å². The van der Waals surface area contributed by atoms with Crippen LogP contribution < -0.4 is 5.73 Å². The Hall–Kier alpha value is -1.29. The van der Waals surface area contributed by atoms with Crippen LogP contribution in [-0.2, 0) is 7.05 Å². The van der Waals surface area contributed by atoms with Crippen molar-refractivity contribution in [1.82, 2.24) is 9.47 Å². The lowest BCUT2D eigenvalue weighted by Gasteiger charge is -2.36. The van der Waals surface area contributed by atoms with Gasteiger partial charge in [-0.05, 0) is 51.2 Å². The Bertz CT molecular complexity index is 458. The van der Waals surface area contributed by atoms with Crippen LogP contribution in [0.1, 0.15) is 55.2 Å². The molecule has 0 atom stereocenters. The zero-order valence-corrected chi connectivity index (χ0v) is 12.9. The summed E-state index contributed by atoms with van der Waals surface area (Å²) in [5.41, 5.74) is 7.90. The molecule has 4 nitrogen and oxygen atoms in total. The highest BCUT2D eigenvalue weighted by atomic mass is 16.2. The van der Waals surface area contributed by atoms with Crippen LogP contribution in [-0.4, -0.2) is 34.0 Å². The van der Waals surface area contributed by atoms with E-state index in [1.54, 1.807) is 0 Å². The number of carbonyl (C=O) groups excluding carboxylic acids is 1. The Morgan fingerprint density at radius 3 is 2.50 bits per heavy atom. The molecule has 0 radical (unpaired) electrons. The minimum Gasteiger partial charge on any atom is -0.344 e. The zero-order valence-electron chi connectivity index (χ0n) is 12.9. The molecule has 0 aromatic carbocycles. The fraction of sp³-hybridized carbons (Fsp3) is 0.688. The van der Waals surface area contributed by atoms with E-state index in [4.69, 9.17) is 5.73 Å². The Balaban J connectivity index is 2.15. The molecule has 1 aromatic rings. The van der Waals surface area contributed by atoms with Crippen LogP contribution in [0, 0.1) is 6.92 Å². The minimum absolute atomic E-state index is 0.169. The van der Waals surface area contributed by atoms with Crippen molar-refractivity contribution in [3.8, 4) is 0 Å². The monoisotopic (exact) mass is 277 g/mol. The van der Waals surface area contributed by atoms with E-state index in [2.05, 4.69) is 11.8 Å². The number of hydrogen-bond donors (Lipinski definition) is 1. The quantitative estimate of drug-likeness (QED) is 0.919. The van der Waals surface area contributed by atoms with E-state index in [1.807, 2.05) is 30.7 Å². The van der Waals surface area contributed by atoms with E-state index in [0.29, 0.717) is 12.1 Å². The first-order valence-corrected chi connectivity index (χ1v) is 7.73. The van der Waals surface area contributed by atoms with E-state index in [1.165, 1.54) is 0 Å². The molecule has 0 bridgehead atoms. The minimum atomic E-state index is 0.169. The summed E-state index contributed by atoms with van der Waals surface area (Å²) < 4.78 is 1.99. The standard InChI is InChI=1S/C16H27N3O/c1-4-11-19(14-8-6-13(17)7-9-14)16(20)15-10-5-12(2)18(15)3/h5,10,13-14H,4,6-9,11,17H2,1-3H3. The average Bonchev–Trinajstić information content (AvgIpc) is 2.77. The molecule has 1 saturated carbocycles. The third-order valence-corrected chi connectivity index (χ3v) is 4.50. The van der Waals surface area contributed by atoms with Gasteiger partial charge in [0.05, 0.1) is 0 Å². The van der Waals surface area contributed by atoms with Crippen molar-refractivity contribution in [2.45, 2.75) is 58.0 Å². The molecule has 1 fully saturated rings. The highest BCUT2D eigenvalue weighted by Gasteiger charge is 2.28. The number of aryl methyl sites for hydroxylation is 1. The molecule has 0 saturated heterocycles. The average molecular weight is 277 g/mol. The van der Waals surface area contributed by atoms with Crippen molar-refractivity contribution in [3.63, 3.8) is 0 Å². The first kappa shape index (κ1) is 15.1. The molecule has 20 heavy (non-hydrogen) atoms. The van der Waals surface area contributed by atoms with Crippen LogP contribution in [0.2, 0.25) is 0 Å². The van der Waals surface area contributed by atoms with Gasteiger partial charge in [-0.3, -0.25) is 4.79 Å². The summed E-state index contributed by atoms with van der Waals surface area (Å²) in [6.45, 7) is 4.99. The molecule has 2 N–H and O–H groups in total. The van der Waals surface area contributed by atoms with Crippen LogP contribution in [0.15, 0.2) is 12.1 Å². The molecule has 1 aliphatic rings. The number of rotatable bonds is 4. The van der Waals surface area contributed by atoms with Gasteiger partial charge in [-0.15, -0.1) is 0 Å². The summed E-state index contributed by atoms with van der Waals surface area (Å²) in [5.74, 6) is 0.169. The van der Waals surface area contributed by atoms with Gasteiger partial charge in [-0.1, -0.05) is 6.92 Å². The molecule has 0 spiro atoms. The van der Waals surface area contributed by atoms with Crippen LogP contribution in [0.25, 0.3) is 0 Å². The van der Waals surface area contributed by atoms with Crippen molar-refractivity contribution in [2.75, 3.05) is 6.54 Å². The van der Waals surface area contributed by atoms with Crippen molar-refractivity contribution in [3.05, 3.63) is 23.5 Å². The van der Waals surface area contributed by atoms with Crippen LogP contribution in [0.4, 0.5) is 0 Å². The maximum absolute atomic E-state index is 12.8. The number of nitrogens with zero attached hydrogens (tertiary/aromatic N) is 2. The Labute approximate surface area is 121 Å². The SMILES string of the molecule is CCCN(C(=O)c1ccc(C)n1C)C1CCC(N)CC1. The summed E-state index contributed by atoms with van der Waals surface area (Å²) >= 11 is 0. The Morgan fingerprint density at radius 1 is 1.35 bits per heavy atom. The van der Waals surface area contributed by atoms with Crippen molar-refractivity contribution < 1.29 is 4.79 Å². The molecule has 112 valence electrons. The van der Waals surface area contributed by atoms with Crippen molar-refractivity contribution in [2.24, 2.45) is 12.8 Å². The molecule has 0 aliphatic heterocycles. The first-order valence-electron chi connectivity index (χ1n) is 7.73. The smallest absolute Gasteiger partial charge is 0.270 e. The third kappa shape index (κ3) is 3.06. The van der Waals surface area contributed by atoms with Gasteiger partial charge in [0, 0.05) is 31.4 Å². The van der Waals surface area contributed by atoms with E-state index < -0.39 is 0 Å². The molecule has 4 heteroatoms. The van der Waals surface area contributed by atoms with Gasteiger partial charge < -0.3 is 15.2 Å². The van der Waals surface area contributed by atoms with Gasteiger partial charge >= 0.3 is 0 Å². The lowest BCUT2D eigenvalue weighted by Crippen LogP contribution is -2.45. The van der Waals surface area contributed by atoms with E-state index in [9.17, 15) is 4.79 Å². The molecular weight excluding hydrogens is 250 g/mol. The lowest BCUT2D eigenvalue weighted by molar-refractivity contribution is 0.0616. The summed E-state index contributed by atoms with van der Waals surface area (Å²) in [6.07, 6.45) is 5.14. The Kier molecular flexibility index (Phi) is 4.86. The van der Waals surface area contributed by atoms with Crippen LogP contribution in [0.3, 0.4) is 0 Å². The number of hydrogen-bond acceptors (Lipinski definition) is 2. The van der Waals surface area contributed by atoms with Gasteiger partial charge in [0.25, 0.3) is 5.91 Å². The molecule has 1 aromatic heterocycles. The maximum atomic E-state index is 12.8. The van der Waals surface area contributed by atoms with Gasteiger partial charge in [0.15, 0.2) is 0 Å². The number of aromatic nitrogens is 1. The highest BCUT2D eigenvalue weighted by molar-refractivity contribution is 5.93. The second kappa shape index (κ2) is 6.44. The van der Waals surface area contributed by atoms with E-state index in [-0.39, 0.29) is 5.91 Å². The zero-order chi connectivity index (χ0) is 14.7. The highest BCUT2D eigenvalue weighted by Crippen LogP contribution is 2.24. The fourth-order valence-electron chi connectivity index (χ4n) is 3.08. The molecule has 1 amide bonds. The normalized spacial score (nSPS) is 22.8. The molecular formula is C16H27N3O. The van der Waals surface area contributed by atoms with E-state index >= 15 is 0 Å². The first-order chi connectivity index (χ1) is 9.54. The third-order valence-electron chi connectivity index (χ3n) is 4.50. The van der Waals surface area contributed by atoms with Crippen molar-refractivity contribution >= 4 is 5.91 Å². The molecule has 2 rings (SSSR count). The van der Waals surface area contributed by atoms with Gasteiger partial charge in [-0.2, -0.15) is 0 Å². The largest absolute Gasteiger partial charge is 0.344 e. The Morgan fingerprint density at radius 2 is 2.00 bits per heavy atom. The maximum Gasteiger partial charge on any atom is 0.270 e. The predicted octanol–water partition coefficient (Wildman–Crippen LogP) is 2.46. The van der Waals surface area contributed by atoms with Gasteiger partial charge in [0.2, 0.25) is 0 Å². The second-order valence-electron chi connectivity index (χ2n) is 5.99. The summed E-state index contributed by atoms with van der Waals surface area (Å²) in [4.78, 5) is 14.9. The summed E-state index contributed by atoms with van der Waals surface area (Å²) in [7, 11) is 1.96. The van der Waals surface area contributed by atoms with Crippen molar-refractivity contribution in [1.29, 1.82) is 0 Å². The summed E-state index contributed by atoms with van der Waals surface area (Å²) in [5, 5.41) is 0. The molecule has 1 heterocycles. The van der Waals surface area contributed by atoms with Gasteiger partial charge in [-0.25, -0.2) is 0 Å². The second-order valence-corrected chi connectivity index (χ2v) is 5.99. The predicted molar refractivity (Wildman–Crippen MR) is 81.7 cm³/mol. The topological polar surface area (TPSA) is 51.3 Å².